The predicted molar refractivity (Wildman–Crippen MR) is 115 cm³/mol. The number of H-pyrrole nitrogens is 2. The van der Waals surface area contributed by atoms with Crippen LogP contribution in [0.1, 0.15) is 5.56 Å². The first kappa shape index (κ1) is 19.4. The number of nitrogens with zero attached hydrogens (tertiary/aromatic N) is 5. The van der Waals surface area contributed by atoms with Crippen LogP contribution in [-0.4, -0.2) is 29.2 Å². The lowest BCUT2D eigenvalue weighted by Gasteiger charge is -2.06. The number of aryl methyl sites for hydroxylation is 1. The fraction of sp³-hybridized carbons (Fsp3) is 0.0952. The van der Waals surface area contributed by atoms with Gasteiger partial charge in [0.1, 0.15) is 5.82 Å². The molecule has 3 aromatic heterocycles. The molecule has 11 heteroatoms. The van der Waals surface area contributed by atoms with E-state index in [9.17, 15) is 19.1 Å². The Bertz CT molecular complexity index is 1620. The maximum absolute atomic E-state index is 13.3. The number of para-hydroxylation sites is 1. The summed E-state index contributed by atoms with van der Waals surface area (Å²) in [7, 11) is 1.47. The van der Waals surface area contributed by atoms with Gasteiger partial charge in [-0.1, -0.05) is 30.3 Å². The topological polar surface area (TPSA) is 133 Å². The smallest absolute Gasteiger partial charge is 0.329 e. The highest BCUT2D eigenvalue weighted by atomic mass is 19.1. The highest BCUT2D eigenvalue weighted by Crippen LogP contribution is 2.36. The average molecular weight is 433 g/mol. The summed E-state index contributed by atoms with van der Waals surface area (Å²) in [5.74, 6) is -0.513. The van der Waals surface area contributed by atoms with Gasteiger partial charge in [-0.15, -0.1) is 10.2 Å². The van der Waals surface area contributed by atoms with Crippen molar-refractivity contribution in [3.05, 3.63) is 80.7 Å². The first-order chi connectivity index (χ1) is 15.4. The van der Waals surface area contributed by atoms with E-state index < -0.39 is 11.2 Å². The van der Waals surface area contributed by atoms with E-state index in [0.29, 0.717) is 16.5 Å². The van der Waals surface area contributed by atoms with Crippen LogP contribution >= 0.6 is 0 Å². The van der Waals surface area contributed by atoms with Crippen molar-refractivity contribution in [1.29, 1.82) is 0 Å². The monoisotopic (exact) mass is 433 g/mol. The minimum Gasteiger partial charge on any atom is -0.493 e. The second-order valence-corrected chi connectivity index (χ2v) is 7.18. The molecule has 2 aromatic carbocycles. The predicted octanol–water partition coefficient (Wildman–Crippen LogP) is 3.21. The van der Waals surface area contributed by atoms with Gasteiger partial charge in [-0.3, -0.25) is 18.9 Å². The molecule has 0 aliphatic carbocycles. The molecule has 0 saturated carbocycles. The van der Waals surface area contributed by atoms with Gasteiger partial charge in [0.15, 0.2) is 16.9 Å². The molecule has 0 saturated heterocycles. The lowest BCUT2D eigenvalue weighted by molar-refractivity contribution is 0.459. The van der Waals surface area contributed by atoms with Crippen LogP contribution in [-0.2, 0) is 13.6 Å². The lowest BCUT2D eigenvalue weighted by Crippen LogP contribution is -2.29. The van der Waals surface area contributed by atoms with Crippen molar-refractivity contribution in [2.24, 2.45) is 17.3 Å². The van der Waals surface area contributed by atoms with Crippen LogP contribution in [0.15, 0.2) is 68.3 Å². The Morgan fingerprint density at radius 3 is 2.59 bits per heavy atom. The number of halogens is 1. The van der Waals surface area contributed by atoms with Gasteiger partial charge in [0, 0.05) is 12.4 Å². The van der Waals surface area contributed by atoms with Crippen LogP contribution in [0.5, 0.6) is 5.88 Å². The minimum absolute atomic E-state index is 0.0423. The highest BCUT2D eigenvalue weighted by molar-refractivity contribution is 5.94. The van der Waals surface area contributed by atoms with Crippen molar-refractivity contribution in [2.45, 2.75) is 6.54 Å². The Balaban J connectivity index is 1.70. The molecule has 0 spiro atoms. The third kappa shape index (κ3) is 3.16. The second-order valence-electron chi connectivity index (χ2n) is 7.18. The second kappa shape index (κ2) is 7.30. The molecular weight excluding hydrogens is 417 g/mol. The average Bonchev–Trinajstić information content (AvgIpc) is 3.29. The molecule has 0 bridgehead atoms. The number of benzene rings is 2. The molecule has 0 unspecified atom stereocenters. The van der Waals surface area contributed by atoms with E-state index in [1.54, 1.807) is 30.3 Å². The molecule has 0 aliphatic heterocycles. The number of fused-ring (bicyclic) bond motifs is 2. The SMILES string of the molecule is Cn1c(=O)[nH]c(=O)c2c1nc(N=Nc1c(O)[nH]c3ccccc13)n2Cc1ccc(F)cc1. The Morgan fingerprint density at radius 1 is 1.06 bits per heavy atom. The Hall–Kier alpha value is -4.54. The Morgan fingerprint density at radius 2 is 1.81 bits per heavy atom. The summed E-state index contributed by atoms with van der Waals surface area (Å²) < 4.78 is 16.0. The van der Waals surface area contributed by atoms with Crippen LogP contribution < -0.4 is 11.2 Å². The van der Waals surface area contributed by atoms with Gasteiger partial charge in [-0.25, -0.2) is 9.18 Å². The van der Waals surface area contributed by atoms with Crippen LogP contribution in [0.25, 0.3) is 22.1 Å². The summed E-state index contributed by atoms with van der Waals surface area (Å²) in [6, 6.07) is 12.9. The number of hydrogen-bond donors (Lipinski definition) is 3. The van der Waals surface area contributed by atoms with Crippen LogP contribution in [0, 0.1) is 5.82 Å². The van der Waals surface area contributed by atoms with E-state index in [1.165, 1.54) is 28.3 Å². The molecule has 160 valence electrons. The summed E-state index contributed by atoms with van der Waals surface area (Å²) in [6.45, 7) is 0.131. The molecule has 0 amide bonds. The van der Waals surface area contributed by atoms with Crippen LogP contribution in [0.2, 0.25) is 0 Å². The number of rotatable bonds is 4. The van der Waals surface area contributed by atoms with Crippen molar-refractivity contribution in [1.82, 2.24) is 24.1 Å². The molecule has 3 heterocycles. The molecule has 10 nitrogen and oxygen atoms in total. The number of hydrogen-bond acceptors (Lipinski definition) is 6. The molecule has 0 aliphatic rings. The van der Waals surface area contributed by atoms with Gasteiger partial charge in [0.2, 0.25) is 5.88 Å². The van der Waals surface area contributed by atoms with E-state index in [4.69, 9.17) is 0 Å². The first-order valence-electron chi connectivity index (χ1n) is 9.58. The molecule has 0 radical (unpaired) electrons. The van der Waals surface area contributed by atoms with E-state index in [-0.39, 0.29) is 41.0 Å². The van der Waals surface area contributed by atoms with Gasteiger partial charge in [0.25, 0.3) is 11.5 Å². The molecule has 5 aromatic rings. The zero-order valence-electron chi connectivity index (χ0n) is 16.7. The summed E-state index contributed by atoms with van der Waals surface area (Å²) in [5.41, 5.74) is 0.569. The van der Waals surface area contributed by atoms with Crippen molar-refractivity contribution in [3.8, 4) is 5.88 Å². The summed E-state index contributed by atoms with van der Waals surface area (Å²) >= 11 is 0. The number of aromatic amines is 2. The van der Waals surface area contributed by atoms with Gasteiger partial charge < -0.3 is 10.1 Å². The van der Waals surface area contributed by atoms with E-state index in [1.807, 2.05) is 6.07 Å². The molecular formula is C21H16FN7O3. The fourth-order valence-corrected chi connectivity index (χ4v) is 3.53. The van der Waals surface area contributed by atoms with Crippen LogP contribution in [0.4, 0.5) is 16.0 Å². The molecule has 32 heavy (non-hydrogen) atoms. The lowest BCUT2D eigenvalue weighted by atomic mass is 10.2. The van der Waals surface area contributed by atoms with Crippen molar-refractivity contribution >= 4 is 33.7 Å². The highest BCUT2D eigenvalue weighted by Gasteiger charge is 2.18. The number of imidazole rings is 1. The summed E-state index contributed by atoms with van der Waals surface area (Å²) in [5, 5.41) is 19.2. The normalized spacial score (nSPS) is 11.8. The number of azo groups is 1. The van der Waals surface area contributed by atoms with Gasteiger partial charge >= 0.3 is 5.69 Å². The molecule has 5 rings (SSSR count). The minimum atomic E-state index is -0.630. The third-order valence-electron chi connectivity index (χ3n) is 5.14. The van der Waals surface area contributed by atoms with E-state index in [2.05, 4.69) is 25.2 Å². The maximum Gasteiger partial charge on any atom is 0.329 e. The van der Waals surface area contributed by atoms with Crippen molar-refractivity contribution in [2.75, 3.05) is 0 Å². The van der Waals surface area contributed by atoms with Crippen molar-refractivity contribution < 1.29 is 9.50 Å². The fourth-order valence-electron chi connectivity index (χ4n) is 3.53. The number of aromatic hydroxyl groups is 1. The Labute approximate surface area is 178 Å². The zero-order valence-corrected chi connectivity index (χ0v) is 16.7. The van der Waals surface area contributed by atoms with Crippen molar-refractivity contribution in [3.63, 3.8) is 0 Å². The molecule has 3 N–H and O–H groups in total. The van der Waals surface area contributed by atoms with Gasteiger partial charge in [-0.2, -0.15) is 4.98 Å². The summed E-state index contributed by atoms with van der Waals surface area (Å²) in [4.78, 5) is 34.0. The quantitative estimate of drug-likeness (QED) is 0.375. The summed E-state index contributed by atoms with van der Waals surface area (Å²) in [6.07, 6.45) is 0. The largest absolute Gasteiger partial charge is 0.493 e. The maximum atomic E-state index is 13.3. The zero-order chi connectivity index (χ0) is 22.4. The molecule has 0 fully saturated rings. The molecule has 0 atom stereocenters. The van der Waals surface area contributed by atoms with E-state index in [0.717, 1.165) is 0 Å². The first-order valence-corrected chi connectivity index (χ1v) is 9.58. The third-order valence-corrected chi connectivity index (χ3v) is 5.14. The van der Waals surface area contributed by atoms with Gasteiger partial charge in [0.05, 0.1) is 12.1 Å². The van der Waals surface area contributed by atoms with Gasteiger partial charge in [-0.05, 0) is 23.8 Å². The van der Waals surface area contributed by atoms with E-state index >= 15 is 0 Å². The Kier molecular flexibility index (Phi) is 4.43. The number of nitrogens with one attached hydrogen (secondary N) is 2. The van der Waals surface area contributed by atoms with Crippen LogP contribution in [0.3, 0.4) is 0 Å². The standard InChI is InChI=1S/C21H16FN7O3/c1-28-17-16(19(31)25-21(28)32)29(10-11-6-8-12(22)9-7-11)20(24-17)27-26-15-13-4-2-3-5-14(13)23-18(15)30/h2-9,23,30H,10H2,1H3,(H,25,31,32). The number of aromatic nitrogens is 5.